The van der Waals surface area contributed by atoms with Gasteiger partial charge in [-0.3, -0.25) is 14.2 Å². The van der Waals surface area contributed by atoms with Gasteiger partial charge in [-0.15, -0.1) is 10.2 Å². The van der Waals surface area contributed by atoms with Crippen LogP contribution in [0.2, 0.25) is 0 Å². The Labute approximate surface area is 252 Å². The summed E-state index contributed by atoms with van der Waals surface area (Å²) in [6, 6.07) is 28.7. The molecular formula is C34H39N5O2S. The minimum Gasteiger partial charge on any atom is -0.339 e. The topological polar surface area (TPSA) is 71.3 Å². The van der Waals surface area contributed by atoms with E-state index in [1.54, 1.807) is 11.8 Å². The van der Waals surface area contributed by atoms with E-state index < -0.39 is 0 Å². The maximum atomic E-state index is 13.0. The summed E-state index contributed by atoms with van der Waals surface area (Å²) in [6.07, 6.45) is 3.50. The molecule has 0 spiro atoms. The third kappa shape index (κ3) is 7.48. The zero-order chi connectivity index (χ0) is 29.3. The first-order valence-corrected chi connectivity index (χ1v) is 15.8. The summed E-state index contributed by atoms with van der Waals surface area (Å²) < 4.78 is 2.11. The monoisotopic (exact) mass is 581 g/mol. The predicted molar refractivity (Wildman–Crippen MR) is 169 cm³/mol. The minimum absolute atomic E-state index is 0.0357. The highest BCUT2D eigenvalue weighted by Gasteiger charge is 2.29. The quantitative estimate of drug-likeness (QED) is 0.156. The number of carbonyl (C=O) groups is 2. The van der Waals surface area contributed by atoms with Gasteiger partial charge in [-0.1, -0.05) is 90.1 Å². The Morgan fingerprint density at radius 1 is 0.833 bits per heavy atom. The summed E-state index contributed by atoms with van der Waals surface area (Å²) in [5, 5.41) is 9.91. The molecule has 2 amide bonds. The lowest BCUT2D eigenvalue weighted by atomic mass is 10.1. The van der Waals surface area contributed by atoms with E-state index in [1.807, 2.05) is 53.1 Å². The van der Waals surface area contributed by atoms with Gasteiger partial charge in [0.25, 0.3) is 0 Å². The van der Waals surface area contributed by atoms with Crippen molar-refractivity contribution in [2.45, 2.75) is 57.1 Å². The molecule has 2 heterocycles. The number of hydrogen-bond donors (Lipinski definition) is 0. The van der Waals surface area contributed by atoms with Crippen molar-refractivity contribution in [2.75, 3.05) is 25.4 Å². The van der Waals surface area contributed by atoms with E-state index in [0.717, 1.165) is 47.2 Å². The number of nitrogens with zero attached hydrogens (tertiary/aromatic N) is 5. The summed E-state index contributed by atoms with van der Waals surface area (Å²) >= 11 is 1.67. The van der Waals surface area contributed by atoms with Crippen molar-refractivity contribution in [1.29, 1.82) is 0 Å². The largest absolute Gasteiger partial charge is 0.339 e. The zero-order valence-corrected chi connectivity index (χ0v) is 25.3. The molecule has 0 bridgehead atoms. The number of piperazine rings is 1. The van der Waals surface area contributed by atoms with Crippen LogP contribution in [0.3, 0.4) is 0 Å². The van der Waals surface area contributed by atoms with Crippen LogP contribution in [0.1, 0.15) is 43.7 Å². The van der Waals surface area contributed by atoms with Gasteiger partial charge in [-0.2, -0.15) is 0 Å². The van der Waals surface area contributed by atoms with E-state index >= 15 is 0 Å². The number of carbonyl (C=O) groups excluding carboxylic acids is 2. The van der Waals surface area contributed by atoms with E-state index in [2.05, 4.69) is 70.2 Å². The molecule has 1 unspecified atom stereocenters. The van der Waals surface area contributed by atoms with Crippen molar-refractivity contribution >= 4 is 23.6 Å². The fourth-order valence-electron chi connectivity index (χ4n) is 5.36. The second-order valence-corrected chi connectivity index (χ2v) is 12.0. The van der Waals surface area contributed by atoms with E-state index in [4.69, 9.17) is 0 Å². The molecule has 1 aromatic heterocycles. The first kappa shape index (κ1) is 29.6. The normalized spacial score (nSPS) is 15.1. The van der Waals surface area contributed by atoms with Crippen LogP contribution >= 0.6 is 11.8 Å². The number of hydrogen-bond acceptors (Lipinski definition) is 5. The lowest BCUT2D eigenvalue weighted by Gasteiger charge is -2.40. The molecule has 0 aliphatic carbocycles. The summed E-state index contributed by atoms with van der Waals surface area (Å²) in [5.41, 5.74) is 4.44. The predicted octanol–water partition coefficient (Wildman–Crippen LogP) is 6.20. The van der Waals surface area contributed by atoms with Crippen LogP contribution in [-0.2, 0) is 16.0 Å². The third-order valence-electron chi connectivity index (χ3n) is 7.74. The molecule has 1 aliphatic rings. The Balaban J connectivity index is 1.08. The Morgan fingerprint density at radius 2 is 1.55 bits per heavy atom. The van der Waals surface area contributed by atoms with Crippen LogP contribution in [-0.4, -0.2) is 67.8 Å². The van der Waals surface area contributed by atoms with Gasteiger partial charge < -0.3 is 9.80 Å². The third-order valence-corrected chi connectivity index (χ3v) is 8.76. The number of para-hydroxylation sites is 1. The van der Waals surface area contributed by atoms with Gasteiger partial charge in [0.05, 0.1) is 0 Å². The van der Waals surface area contributed by atoms with Crippen LogP contribution in [0.15, 0.2) is 90.1 Å². The smallest absolute Gasteiger partial charge is 0.223 e. The molecule has 0 saturated carbocycles. The first-order chi connectivity index (χ1) is 20.5. The van der Waals surface area contributed by atoms with E-state index in [9.17, 15) is 9.59 Å². The SMILES string of the molecule is Cc1ccc(-c2nnc(SCCCCC(=O)N3CCN(C(=O)CCc4ccccc4)C(C)C3)n2-c2ccccc2)cc1. The second kappa shape index (κ2) is 14.3. The average Bonchev–Trinajstić information content (AvgIpc) is 3.44. The molecule has 1 aliphatic heterocycles. The maximum Gasteiger partial charge on any atom is 0.223 e. The zero-order valence-electron chi connectivity index (χ0n) is 24.5. The molecule has 5 rings (SSSR count). The van der Waals surface area contributed by atoms with Crippen LogP contribution in [0.25, 0.3) is 17.1 Å². The van der Waals surface area contributed by atoms with Gasteiger partial charge in [0, 0.05) is 55.5 Å². The lowest BCUT2D eigenvalue weighted by Crippen LogP contribution is -2.55. The molecule has 0 N–H and O–H groups in total. The summed E-state index contributed by atoms with van der Waals surface area (Å²) in [5.74, 6) is 2.03. The minimum atomic E-state index is 0.0357. The van der Waals surface area contributed by atoms with E-state index in [0.29, 0.717) is 32.5 Å². The Hall–Kier alpha value is -3.91. The molecule has 218 valence electrons. The van der Waals surface area contributed by atoms with Crippen LogP contribution < -0.4 is 0 Å². The summed E-state index contributed by atoms with van der Waals surface area (Å²) in [6.45, 7) is 5.94. The number of thioether (sulfide) groups is 1. The van der Waals surface area contributed by atoms with Crippen molar-refractivity contribution in [1.82, 2.24) is 24.6 Å². The van der Waals surface area contributed by atoms with Crippen molar-refractivity contribution in [2.24, 2.45) is 0 Å². The molecule has 7 nitrogen and oxygen atoms in total. The number of unbranched alkanes of at least 4 members (excludes halogenated alkanes) is 1. The number of amides is 2. The van der Waals surface area contributed by atoms with Gasteiger partial charge in [0.2, 0.25) is 11.8 Å². The number of aromatic nitrogens is 3. The van der Waals surface area contributed by atoms with Gasteiger partial charge in [-0.05, 0) is 50.8 Å². The molecule has 42 heavy (non-hydrogen) atoms. The molecule has 1 atom stereocenters. The summed E-state index contributed by atoms with van der Waals surface area (Å²) in [4.78, 5) is 29.7. The standard InChI is InChI=1S/C34H39N5O2S/c1-26-16-19-29(20-17-26)33-35-36-34(39(33)30-13-7-4-8-14-30)42-24-10-9-15-31(40)37-22-23-38(27(2)25-37)32(41)21-18-28-11-5-3-6-12-28/h3-8,11-14,16-17,19-20,27H,9-10,15,18,21-25H2,1-2H3. The number of rotatable bonds is 11. The van der Waals surface area contributed by atoms with Gasteiger partial charge in [-0.25, -0.2) is 0 Å². The van der Waals surface area contributed by atoms with Crippen LogP contribution in [0.4, 0.5) is 0 Å². The maximum absolute atomic E-state index is 13.0. The van der Waals surface area contributed by atoms with Gasteiger partial charge >= 0.3 is 0 Å². The fourth-order valence-corrected chi connectivity index (χ4v) is 6.31. The van der Waals surface area contributed by atoms with Gasteiger partial charge in [0.15, 0.2) is 11.0 Å². The Kier molecular flexibility index (Phi) is 10.1. The lowest BCUT2D eigenvalue weighted by molar-refractivity contribution is -0.142. The van der Waals surface area contributed by atoms with Gasteiger partial charge in [0.1, 0.15) is 0 Å². The van der Waals surface area contributed by atoms with Crippen molar-refractivity contribution in [3.05, 3.63) is 96.1 Å². The molecule has 1 saturated heterocycles. The first-order valence-electron chi connectivity index (χ1n) is 14.8. The highest BCUT2D eigenvalue weighted by molar-refractivity contribution is 7.99. The van der Waals surface area contributed by atoms with Crippen molar-refractivity contribution in [3.8, 4) is 17.1 Å². The van der Waals surface area contributed by atoms with Crippen LogP contribution in [0.5, 0.6) is 0 Å². The Bertz CT molecular complexity index is 1460. The molecular weight excluding hydrogens is 542 g/mol. The molecule has 4 aromatic rings. The molecule has 1 fully saturated rings. The highest BCUT2D eigenvalue weighted by Crippen LogP contribution is 2.29. The Morgan fingerprint density at radius 3 is 2.26 bits per heavy atom. The number of benzene rings is 3. The highest BCUT2D eigenvalue weighted by atomic mass is 32.2. The van der Waals surface area contributed by atoms with Crippen LogP contribution in [0, 0.1) is 6.92 Å². The van der Waals surface area contributed by atoms with Crippen molar-refractivity contribution in [3.63, 3.8) is 0 Å². The number of aryl methyl sites for hydroxylation is 2. The molecule has 0 radical (unpaired) electrons. The molecule has 3 aromatic carbocycles. The second-order valence-electron chi connectivity index (χ2n) is 10.9. The fraction of sp³-hybridized carbons (Fsp3) is 0.353. The average molecular weight is 582 g/mol. The van der Waals surface area contributed by atoms with E-state index in [1.165, 1.54) is 11.1 Å². The summed E-state index contributed by atoms with van der Waals surface area (Å²) in [7, 11) is 0. The molecule has 8 heteroatoms. The van der Waals surface area contributed by atoms with E-state index in [-0.39, 0.29) is 17.9 Å². The van der Waals surface area contributed by atoms with Crippen molar-refractivity contribution < 1.29 is 9.59 Å².